The summed E-state index contributed by atoms with van der Waals surface area (Å²) in [5.41, 5.74) is 2.63. The molecule has 2 unspecified atom stereocenters. The lowest BCUT2D eigenvalue weighted by Gasteiger charge is -2.39. The smallest absolute Gasteiger partial charge is 0.122 e. The van der Waals surface area contributed by atoms with Crippen molar-refractivity contribution < 1.29 is 9.47 Å². The lowest BCUT2D eigenvalue weighted by molar-refractivity contribution is -0.0550. The number of hydrogen-bond acceptors (Lipinski definition) is 4. The lowest BCUT2D eigenvalue weighted by Crippen LogP contribution is -2.49. The van der Waals surface area contributed by atoms with E-state index in [9.17, 15) is 0 Å². The van der Waals surface area contributed by atoms with Gasteiger partial charge in [-0.1, -0.05) is 12.1 Å². The van der Waals surface area contributed by atoms with Gasteiger partial charge in [0.25, 0.3) is 0 Å². The zero-order chi connectivity index (χ0) is 14.8. The first kappa shape index (κ1) is 14.8. The molecule has 1 aromatic rings. The Hall–Kier alpha value is -1.10. The number of nitrogens with one attached hydrogen (secondary N) is 1. The molecule has 1 fully saturated rings. The van der Waals surface area contributed by atoms with Gasteiger partial charge < -0.3 is 14.8 Å². The van der Waals surface area contributed by atoms with E-state index in [1.165, 1.54) is 11.1 Å². The SMILES string of the molecule is CNC(c1ccc2c(c1)CCO2)C1CN(C(C)C)CCO1. The largest absolute Gasteiger partial charge is 0.493 e. The summed E-state index contributed by atoms with van der Waals surface area (Å²) < 4.78 is 11.7. The Morgan fingerprint density at radius 2 is 2.14 bits per heavy atom. The van der Waals surface area contributed by atoms with Gasteiger partial charge in [0, 0.05) is 25.6 Å². The fourth-order valence-electron chi connectivity index (χ4n) is 3.33. The highest BCUT2D eigenvalue weighted by atomic mass is 16.5. The topological polar surface area (TPSA) is 33.7 Å². The van der Waals surface area contributed by atoms with Gasteiger partial charge in [0.1, 0.15) is 5.75 Å². The van der Waals surface area contributed by atoms with Crippen LogP contribution in [0.4, 0.5) is 0 Å². The Morgan fingerprint density at radius 3 is 2.90 bits per heavy atom. The number of rotatable bonds is 4. The summed E-state index contributed by atoms with van der Waals surface area (Å²) in [5.74, 6) is 1.04. The molecule has 0 radical (unpaired) electrons. The minimum atomic E-state index is 0.200. The van der Waals surface area contributed by atoms with Crippen LogP contribution in [0, 0.1) is 0 Å². The molecular weight excluding hydrogens is 264 g/mol. The maximum absolute atomic E-state index is 6.05. The number of fused-ring (bicyclic) bond motifs is 1. The van der Waals surface area contributed by atoms with E-state index >= 15 is 0 Å². The van der Waals surface area contributed by atoms with Crippen LogP contribution in [-0.4, -0.2) is 50.4 Å². The van der Waals surface area contributed by atoms with Gasteiger partial charge in [-0.2, -0.15) is 0 Å². The Bertz CT molecular complexity index is 490. The van der Waals surface area contributed by atoms with Crippen molar-refractivity contribution in [2.75, 3.05) is 33.4 Å². The third kappa shape index (κ3) is 3.07. The molecule has 4 nitrogen and oxygen atoms in total. The average Bonchev–Trinajstić information content (AvgIpc) is 2.96. The molecule has 4 heteroatoms. The van der Waals surface area contributed by atoms with Gasteiger partial charge in [-0.05, 0) is 38.1 Å². The number of benzene rings is 1. The van der Waals surface area contributed by atoms with Crippen LogP contribution in [0.1, 0.15) is 31.0 Å². The molecule has 0 saturated carbocycles. The van der Waals surface area contributed by atoms with E-state index in [0.717, 1.165) is 38.5 Å². The van der Waals surface area contributed by atoms with Crippen LogP contribution >= 0.6 is 0 Å². The van der Waals surface area contributed by atoms with Crippen LogP contribution in [0.2, 0.25) is 0 Å². The molecule has 0 amide bonds. The van der Waals surface area contributed by atoms with Gasteiger partial charge in [0.15, 0.2) is 0 Å². The van der Waals surface area contributed by atoms with Crippen molar-refractivity contribution in [3.63, 3.8) is 0 Å². The third-order valence-electron chi connectivity index (χ3n) is 4.61. The van der Waals surface area contributed by atoms with E-state index < -0.39 is 0 Å². The molecular formula is C17H26N2O2. The van der Waals surface area contributed by atoms with Crippen molar-refractivity contribution in [1.29, 1.82) is 0 Å². The highest BCUT2D eigenvalue weighted by molar-refractivity contribution is 5.41. The van der Waals surface area contributed by atoms with Gasteiger partial charge in [0.05, 0.1) is 25.4 Å². The van der Waals surface area contributed by atoms with Gasteiger partial charge >= 0.3 is 0 Å². The monoisotopic (exact) mass is 290 g/mol. The zero-order valence-corrected chi connectivity index (χ0v) is 13.3. The second-order valence-corrected chi connectivity index (χ2v) is 6.23. The standard InChI is InChI=1S/C17H26N2O2/c1-12(2)19-7-9-21-16(11-19)17(18-3)14-4-5-15-13(10-14)6-8-20-15/h4-5,10,12,16-18H,6-9,11H2,1-3H3. The van der Waals surface area contributed by atoms with Gasteiger partial charge in [-0.25, -0.2) is 0 Å². The van der Waals surface area contributed by atoms with Gasteiger partial charge in [-0.3, -0.25) is 4.90 Å². The summed E-state index contributed by atoms with van der Waals surface area (Å²) in [6.07, 6.45) is 1.22. The molecule has 1 aromatic carbocycles. The molecule has 2 aliphatic heterocycles. The molecule has 21 heavy (non-hydrogen) atoms. The molecule has 2 heterocycles. The quantitative estimate of drug-likeness (QED) is 0.919. The summed E-state index contributed by atoms with van der Waals surface area (Å²) in [6.45, 7) is 8.14. The minimum Gasteiger partial charge on any atom is -0.493 e. The Morgan fingerprint density at radius 1 is 1.29 bits per heavy atom. The average molecular weight is 290 g/mol. The molecule has 0 bridgehead atoms. The van der Waals surface area contributed by atoms with E-state index in [-0.39, 0.29) is 12.1 Å². The fourth-order valence-corrected chi connectivity index (χ4v) is 3.33. The fraction of sp³-hybridized carbons (Fsp3) is 0.647. The highest BCUT2D eigenvalue weighted by Gasteiger charge is 2.30. The van der Waals surface area contributed by atoms with Crippen LogP contribution in [0.25, 0.3) is 0 Å². The van der Waals surface area contributed by atoms with Crippen LogP contribution in [0.3, 0.4) is 0 Å². The summed E-state index contributed by atoms with van der Waals surface area (Å²) in [4.78, 5) is 2.50. The summed E-state index contributed by atoms with van der Waals surface area (Å²) in [6, 6.07) is 7.36. The van der Waals surface area contributed by atoms with E-state index in [1.54, 1.807) is 0 Å². The summed E-state index contributed by atoms with van der Waals surface area (Å²) in [5, 5.41) is 3.45. The summed E-state index contributed by atoms with van der Waals surface area (Å²) >= 11 is 0. The van der Waals surface area contributed by atoms with Crippen molar-refractivity contribution in [3.8, 4) is 5.75 Å². The number of morpholine rings is 1. The number of likely N-dealkylation sites (N-methyl/N-ethyl adjacent to an activating group) is 1. The van der Waals surface area contributed by atoms with Crippen LogP contribution in [0.5, 0.6) is 5.75 Å². The van der Waals surface area contributed by atoms with Crippen LogP contribution in [0.15, 0.2) is 18.2 Å². The molecule has 116 valence electrons. The van der Waals surface area contributed by atoms with Crippen molar-refractivity contribution in [3.05, 3.63) is 29.3 Å². The van der Waals surface area contributed by atoms with E-state index in [1.807, 2.05) is 7.05 Å². The molecule has 1 N–H and O–H groups in total. The van der Waals surface area contributed by atoms with Crippen molar-refractivity contribution in [1.82, 2.24) is 10.2 Å². The first-order chi connectivity index (χ1) is 10.2. The lowest BCUT2D eigenvalue weighted by atomic mass is 9.97. The van der Waals surface area contributed by atoms with E-state index in [2.05, 4.69) is 42.3 Å². The third-order valence-corrected chi connectivity index (χ3v) is 4.61. The van der Waals surface area contributed by atoms with Gasteiger partial charge in [0.2, 0.25) is 0 Å². The minimum absolute atomic E-state index is 0.200. The van der Waals surface area contributed by atoms with Crippen molar-refractivity contribution in [2.45, 2.75) is 38.5 Å². The van der Waals surface area contributed by atoms with Crippen LogP contribution < -0.4 is 10.1 Å². The van der Waals surface area contributed by atoms with Crippen molar-refractivity contribution in [2.24, 2.45) is 0 Å². The molecule has 2 atom stereocenters. The Labute approximate surface area is 127 Å². The number of ether oxygens (including phenoxy) is 2. The maximum atomic E-state index is 6.05. The first-order valence-corrected chi connectivity index (χ1v) is 7.97. The molecule has 1 saturated heterocycles. The maximum Gasteiger partial charge on any atom is 0.122 e. The number of nitrogens with zero attached hydrogens (tertiary/aromatic N) is 1. The summed E-state index contributed by atoms with van der Waals surface area (Å²) in [7, 11) is 2.02. The normalized spacial score (nSPS) is 23.9. The molecule has 0 spiro atoms. The first-order valence-electron chi connectivity index (χ1n) is 7.97. The Kier molecular flexibility index (Phi) is 4.48. The highest BCUT2D eigenvalue weighted by Crippen LogP contribution is 2.30. The molecule has 0 aromatic heterocycles. The van der Waals surface area contributed by atoms with Crippen molar-refractivity contribution >= 4 is 0 Å². The molecule has 3 rings (SSSR count). The molecule has 2 aliphatic rings. The van der Waals surface area contributed by atoms with Crippen LogP contribution in [-0.2, 0) is 11.2 Å². The van der Waals surface area contributed by atoms with Gasteiger partial charge in [-0.15, -0.1) is 0 Å². The second kappa shape index (κ2) is 6.34. The predicted octanol–water partition coefficient (Wildman–Crippen LogP) is 1.99. The number of hydrogen-bond donors (Lipinski definition) is 1. The van der Waals surface area contributed by atoms with E-state index in [4.69, 9.17) is 9.47 Å². The zero-order valence-electron chi connectivity index (χ0n) is 13.3. The second-order valence-electron chi connectivity index (χ2n) is 6.23. The predicted molar refractivity (Wildman–Crippen MR) is 83.9 cm³/mol. The Balaban J connectivity index is 1.78. The molecule has 0 aliphatic carbocycles. The van der Waals surface area contributed by atoms with E-state index in [0.29, 0.717) is 6.04 Å².